The molecule has 0 amide bonds. The van der Waals surface area contributed by atoms with Crippen molar-refractivity contribution in [1.82, 2.24) is 0 Å². The molecule has 0 aliphatic heterocycles. The number of hydrogen-bond donors (Lipinski definition) is 1. The molecule has 0 aromatic heterocycles. The van der Waals surface area contributed by atoms with Crippen molar-refractivity contribution in [3.8, 4) is 0 Å². The maximum absolute atomic E-state index is 13.4. The maximum Gasteiger partial charge on any atom is 0.418 e. The van der Waals surface area contributed by atoms with Crippen molar-refractivity contribution in [2.75, 3.05) is 5.32 Å². The van der Waals surface area contributed by atoms with E-state index < -0.39 is 44.3 Å². The van der Waals surface area contributed by atoms with Crippen LogP contribution in [0.4, 0.5) is 35.9 Å². The Bertz CT molecular complexity index is 943. The Morgan fingerprint density at radius 3 is 1.78 bits per heavy atom. The summed E-state index contributed by atoms with van der Waals surface area (Å²) in [5.41, 5.74) is -5.56. The summed E-state index contributed by atoms with van der Waals surface area (Å²) in [6.45, 7) is 0. The van der Waals surface area contributed by atoms with Gasteiger partial charge in [-0.05, 0) is 6.07 Å². The molecular formula is C13H4Cl4F3N3O4. The molecule has 0 aliphatic carbocycles. The predicted molar refractivity (Wildman–Crippen MR) is 94.5 cm³/mol. The van der Waals surface area contributed by atoms with E-state index in [0.717, 1.165) is 6.07 Å². The Morgan fingerprint density at radius 1 is 0.852 bits per heavy atom. The second-order valence-electron chi connectivity index (χ2n) is 4.87. The third kappa shape index (κ3) is 4.29. The molecule has 0 atom stereocenters. The van der Waals surface area contributed by atoms with Gasteiger partial charge in [0, 0.05) is 6.07 Å². The van der Waals surface area contributed by atoms with E-state index in [2.05, 4.69) is 5.32 Å². The minimum Gasteiger partial charge on any atom is -0.347 e. The van der Waals surface area contributed by atoms with Crippen molar-refractivity contribution < 1.29 is 23.0 Å². The van der Waals surface area contributed by atoms with Crippen LogP contribution in [-0.4, -0.2) is 9.85 Å². The Kier molecular flexibility index (Phi) is 5.95. The highest BCUT2D eigenvalue weighted by molar-refractivity contribution is 6.50. The van der Waals surface area contributed by atoms with Crippen LogP contribution in [0.15, 0.2) is 18.2 Å². The lowest BCUT2D eigenvalue weighted by Gasteiger charge is -2.17. The zero-order valence-corrected chi connectivity index (χ0v) is 15.4. The molecule has 0 spiro atoms. The lowest BCUT2D eigenvalue weighted by atomic mass is 10.1. The number of nitrogens with zero attached hydrogens (tertiary/aromatic N) is 2. The zero-order chi connectivity index (χ0) is 20.7. The molecule has 2 aromatic carbocycles. The highest BCUT2D eigenvalue weighted by Crippen LogP contribution is 2.47. The van der Waals surface area contributed by atoms with Crippen molar-refractivity contribution >= 4 is 69.2 Å². The lowest BCUT2D eigenvalue weighted by Crippen LogP contribution is -2.12. The van der Waals surface area contributed by atoms with Crippen LogP contribution >= 0.6 is 46.4 Å². The molecule has 0 saturated carbocycles. The van der Waals surface area contributed by atoms with Gasteiger partial charge in [0.1, 0.15) is 5.69 Å². The number of hydrogen-bond acceptors (Lipinski definition) is 5. The van der Waals surface area contributed by atoms with Gasteiger partial charge >= 0.3 is 6.18 Å². The summed E-state index contributed by atoms with van der Waals surface area (Å²) >= 11 is 23.4. The molecule has 27 heavy (non-hydrogen) atoms. The molecule has 0 aliphatic rings. The van der Waals surface area contributed by atoms with Gasteiger partial charge in [-0.15, -0.1) is 0 Å². The fourth-order valence-electron chi connectivity index (χ4n) is 2.02. The number of rotatable bonds is 4. The number of benzene rings is 2. The molecule has 2 rings (SSSR count). The third-order valence-corrected chi connectivity index (χ3v) is 4.75. The minimum absolute atomic E-state index is 0.142. The van der Waals surface area contributed by atoms with Crippen LogP contribution in [0.2, 0.25) is 20.1 Å². The predicted octanol–water partition coefficient (Wildman–Crippen LogP) is 6.88. The molecular weight excluding hydrogens is 461 g/mol. The summed E-state index contributed by atoms with van der Waals surface area (Å²) in [5.74, 6) is 0. The first-order valence-electron chi connectivity index (χ1n) is 6.48. The highest BCUT2D eigenvalue weighted by Gasteiger charge is 2.40. The van der Waals surface area contributed by atoms with E-state index in [4.69, 9.17) is 46.4 Å². The molecule has 0 heterocycles. The monoisotopic (exact) mass is 463 g/mol. The minimum atomic E-state index is -5.18. The summed E-state index contributed by atoms with van der Waals surface area (Å²) < 4.78 is 40.2. The van der Waals surface area contributed by atoms with E-state index in [-0.39, 0.29) is 26.2 Å². The van der Waals surface area contributed by atoms with Crippen LogP contribution in [0.1, 0.15) is 5.56 Å². The Labute approximate surface area is 167 Å². The van der Waals surface area contributed by atoms with Crippen LogP contribution < -0.4 is 5.32 Å². The van der Waals surface area contributed by atoms with Gasteiger partial charge < -0.3 is 5.32 Å². The molecule has 7 nitrogen and oxygen atoms in total. The molecule has 2 aromatic rings. The van der Waals surface area contributed by atoms with Gasteiger partial charge in [-0.1, -0.05) is 46.4 Å². The quantitative estimate of drug-likeness (QED) is 0.302. The summed E-state index contributed by atoms with van der Waals surface area (Å²) in [7, 11) is 0. The van der Waals surface area contributed by atoms with Gasteiger partial charge in [0.2, 0.25) is 0 Å². The van der Waals surface area contributed by atoms with Crippen LogP contribution in [0, 0.1) is 20.2 Å². The van der Waals surface area contributed by atoms with E-state index >= 15 is 0 Å². The van der Waals surface area contributed by atoms with Crippen molar-refractivity contribution in [2.24, 2.45) is 0 Å². The number of nitro groups is 2. The molecule has 0 unspecified atom stereocenters. The number of nitro benzene ring substituents is 2. The topological polar surface area (TPSA) is 98.3 Å². The molecule has 0 radical (unpaired) electrons. The first kappa shape index (κ1) is 21.3. The van der Waals surface area contributed by atoms with Crippen molar-refractivity contribution in [2.45, 2.75) is 6.18 Å². The van der Waals surface area contributed by atoms with Crippen molar-refractivity contribution in [3.05, 3.63) is 64.1 Å². The largest absolute Gasteiger partial charge is 0.418 e. The van der Waals surface area contributed by atoms with Crippen LogP contribution in [0.3, 0.4) is 0 Å². The summed E-state index contributed by atoms with van der Waals surface area (Å²) in [5, 5.41) is 23.1. The third-order valence-electron chi connectivity index (χ3n) is 3.18. The van der Waals surface area contributed by atoms with Crippen molar-refractivity contribution in [3.63, 3.8) is 0 Å². The number of non-ortho nitro benzene ring substituents is 1. The van der Waals surface area contributed by atoms with Crippen molar-refractivity contribution in [1.29, 1.82) is 0 Å². The molecule has 1 N–H and O–H groups in total. The van der Waals surface area contributed by atoms with E-state index in [1.165, 1.54) is 0 Å². The van der Waals surface area contributed by atoms with Crippen LogP contribution in [0.25, 0.3) is 0 Å². The summed E-state index contributed by atoms with van der Waals surface area (Å²) in [6.07, 6.45) is -5.18. The fraction of sp³-hybridized carbons (Fsp3) is 0.0769. The van der Waals surface area contributed by atoms with E-state index in [9.17, 15) is 33.4 Å². The van der Waals surface area contributed by atoms with Gasteiger partial charge in [0.15, 0.2) is 0 Å². The average molecular weight is 465 g/mol. The first-order valence-corrected chi connectivity index (χ1v) is 7.99. The second kappa shape index (κ2) is 7.55. The van der Waals surface area contributed by atoms with Crippen LogP contribution in [-0.2, 0) is 6.18 Å². The molecule has 14 heteroatoms. The van der Waals surface area contributed by atoms with Gasteiger partial charge in [-0.25, -0.2) is 0 Å². The maximum atomic E-state index is 13.4. The normalized spacial score (nSPS) is 11.4. The molecule has 144 valence electrons. The standard InChI is InChI=1S/C13H4Cl4F3N3O4/c14-6-3-7(15)10(17)12(9(6)16)21-11-5(13(18,19)20)1-4(22(24)25)2-8(11)23(26)27/h1-3,21H. The zero-order valence-electron chi connectivity index (χ0n) is 12.4. The van der Waals surface area contributed by atoms with Gasteiger partial charge in [-0.3, -0.25) is 20.2 Å². The summed E-state index contributed by atoms with van der Waals surface area (Å²) in [6, 6.07) is 1.63. The summed E-state index contributed by atoms with van der Waals surface area (Å²) in [4.78, 5) is 19.7. The molecule has 0 saturated heterocycles. The number of halogens is 7. The first-order chi connectivity index (χ1) is 12.3. The number of alkyl halides is 3. The van der Waals surface area contributed by atoms with Gasteiger partial charge in [0.05, 0.1) is 47.3 Å². The number of anilines is 2. The lowest BCUT2D eigenvalue weighted by molar-refractivity contribution is -0.394. The Balaban J connectivity index is 2.84. The molecule has 0 fully saturated rings. The van der Waals surface area contributed by atoms with E-state index in [1.807, 2.05) is 0 Å². The molecule has 0 bridgehead atoms. The highest BCUT2D eigenvalue weighted by atomic mass is 35.5. The van der Waals surface area contributed by atoms with E-state index in [1.54, 1.807) is 0 Å². The fourth-order valence-corrected chi connectivity index (χ4v) is 2.93. The van der Waals surface area contributed by atoms with E-state index in [0.29, 0.717) is 6.07 Å². The Hall–Kier alpha value is -2.01. The van der Waals surface area contributed by atoms with Crippen LogP contribution in [0.5, 0.6) is 0 Å². The Morgan fingerprint density at radius 2 is 1.37 bits per heavy atom. The SMILES string of the molecule is O=[N+]([O-])c1cc([N+](=O)[O-])c(Nc2c(Cl)c(Cl)cc(Cl)c2Cl)c(C(F)(F)F)c1. The smallest absolute Gasteiger partial charge is 0.347 e. The van der Waals surface area contributed by atoms with Gasteiger partial charge in [-0.2, -0.15) is 13.2 Å². The second-order valence-corrected chi connectivity index (χ2v) is 6.44. The van der Waals surface area contributed by atoms with Gasteiger partial charge in [0.25, 0.3) is 11.4 Å². The number of nitrogens with one attached hydrogen (secondary N) is 1. The average Bonchev–Trinajstić information content (AvgIpc) is 2.55.